The molecular weight excluding hydrogens is 396 g/mol. The number of hydrogen-bond donors (Lipinski definition) is 2. The Morgan fingerprint density at radius 1 is 1.28 bits per heavy atom. The van der Waals surface area contributed by atoms with Gasteiger partial charge in [0.15, 0.2) is 23.1 Å². The van der Waals surface area contributed by atoms with Crippen LogP contribution in [0.3, 0.4) is 0 Å². The molecule has 0 unspecified atom stereocenters. The van der Waals surface area contributed by atoms with Crippen LogP contribution < -0.4 is 9.64 Å². The number of aromatic hydroxyl groups is 1. The van der Waals surface area contributed by atoms with E-state index in [1.165, 1.54) is 41.5 Å². The van der Waals surface area contributed by atoms with E-state index in [4.69, 9.17) is 9.26 Å². The molecule has 1 atom stereocenters. The van der Waals surface area contributed by atoms with Crippen LogP contribution in [-0.4, -0.2) is 34.2 Å². The van der Waals surface area contributed by atoms with Gasteiger partial charge in [0.2, 0.25) is 5.78 Å². The van der Waals surface area contributed by atoms with Gasteiger partial charge >= 0.3 is 0 Å². The number of nitrogens with zero attached hydrogens (tertiary/aromatic N) is 2. The highest BCUT2D eigenvalue weighted by Crippen LogP contribution is 2.43. The largest absolute Gasteiger partial charge is 0.504 e. The van der Waals surface area contributed by atoms with Crippen molar-refractivity contribution in [2.75, 3.05) is 12.0 Å². The molecule has 4 rings (SSSR count). The highest BCUT2D eigenvalue weighted by atomic mass is 32.1. The van der Waals surface area contributed by atoms with Gasteiger partial charge in [-0.15, -0.1) is 11.3 Å². The summed E-state index contributed by atoms with van der Waals surface area (Å²) in [5, 5.41) is 26.2. The van der Waals surface area contributed by atoms with Crippen LogP contribution in [0.1, 0.15) is 27.0 Å². The molecule has 2 aromatic heterocycles. The number of methoxy groups -OCH3 is 1. The fourth-order valence-electron chi connectivity index (χ4n) is 3.26. The molecule has 0 radical (unpaired) electrons. The van der Waals surface area contributed by atoms with E-state index in [0.717, 1.165) is 0 Å². The number of rotatable bonds is 5. The quantitative estimate of drug-likeness (QED) is 0.616. The molecule has 2 N–H and O–H groups in total. The van der Waals surface area contributed by atoms with Crippen molar-refractivity contribution in [3.05, 3.63) is 69.3 Å². The first-order valence-electron chi connectivity index (χ1n) is 8.57. The molecule has 9 heteroatoms. The summed E-state index contributed by atoms with van der Waals surface area (Å²) < 4.78 is 10.2. The number of aliphatic hydroxyl groups is 1. The second-order valence-corrected chi connectivity index (χ2v) is 7.32. The first-order chi connectivity index (χ1) is 13.9. The number of aryl methyl sites for hydroxylation is 1. The molecule has 3 heterocycles. The minimum Gasteiger partial charge on any atom is -0.504 e. The van der Waals surface area contributed by atoms with Gasteiger partial charge in [0, 0.05) is 6.07 Å². The number of hydrogen-bond acceptors (Lipinski definition) is 8. The van der Waals surface area contributed by atoms with Crippen molar-refractivity contribution < 1.29 is 29.1 Å². The fraction of sp³-hybridized carbons (Fsp3) is 0.150. The van der Waals surface area contributed by atoms with Crippen molar-refractivity contribution in [1.82, 2.24) is 5.16 Å². The van der Waals surface area contributed by atoms with E-state index in [2.05, 4.69) is 5.16 Å². The predicted molar refractivity (Wildman–Crippen MR) is 104 cm³/mol. The van der Waals surface area contributed by atoms with Crippen LogP contribution in [0.25, 0.3) is 0 Å². The number of aromatic nitrogens is 1. The number of aliphatic hydroxyl groups excluding tert-OH is 1. The summed E-state index contributed by atoms with van der Waals surface area (Å²) in [6.07, 6.45) is 0. The molecule has 1 aromatic carbocycles. The second kappa shape index (κ2) is 7.10. The average molecular weight is 412 g/mol. The lowest BCUT2D eigenvalue weighted by atomic mass is 9.95. The third-order valence-electron chi connectivity index (χ3n) is 4.58. The van der Waals surface area contributed by atoms with Crippen LogP contribution in [0.4, 0.5) is 5.82 Å². The van der Waals surface area contributed by atoms with Gasteiger partial charge in [-0.2, -0.15) is 0 Å². The van der Waals surface area contributed by atoms with Crippen molar-refractivity contribution in [2.45, 2.75) is 13.0 Å². The number of Topliss-reactive ketones (excluding diaryl/α,β-unsaturated/α-hetero) is 1. The van der Waals surface area contributed by atoms with Crippen LogP contribution in [0.15, 0.2) is 57.6 Å². The van der Waals surface area contributed by atoms with Gasteiger partial charge in [-0.1, -0.05) is 17.3 Å². The maximum absolute atomic E-state index is 13.1. The number of ketones is 1. The molecule has 148 valence electrons. The van der Waals surface area contributed by atoms with Crippen molar-refractivity contribution in [2.24, 2.45) is 0 Å². The number of benzene rings is 1. The molecule has 1 amide bonds. The lowest BCUT2D eigenvalue weighted by molar-refractivity contribution is -0.117. The molecule has 1 aliphatic heterocycles. The number of thiophene rings is 1. The standard InChI is InChI=1S/C20H16N2O6S/c1-10-8-15(21-28-10)22-17(11-5-6-12(23)13(9-11)27-2)16(19(25)20(22)26)18(24)14-4-3-7-29-14/h3-9,17,23,25H,1-2H3/t17-/m0/s1. The highest BCUT2D eigenvalue weighted by molar-refractivity contribution is 7.12. The second-order valence-electron chi connectivity index (χ2n) is 6.37. The van der Waals surface area contributed by atoms with Gasteiger partial charge in [0.1, 0.15) is 5.76 Å². The molecule has 0 saturated heterocycles. The number of amides is 1. The van der Waals surface area contributed by atoms with Gasteiger partial charge in [-0.3, -0.25) is 14.5 Å². The maximum Gasteiger partial charge on any atom is 0.295 e. The summed E-state index contributed by atoms with van der Waals surface area (Å²) in [5.74, 6) is -1.19. The van der Waals surface area contributed by atoms with Crippen molar-refractivity contribution >= 4 is 28.8 Å². The predicted octanol–water partition coefficient (Wildman–Crippen LogP) is 3.54. The Morgan fingerprint density at radius 3 is 2.69 bits per heavy atom. The molecule has 3 aromatic rings. The normalized spacial score (nSPS) is 16.6. The molecule has 8 nitrogen and oxygen atoms in total. The van der Waals surface area contributed by atoms with Gasteiger partial charge < -0.3 is 19.5 Å². The van der Waals surface area contributed by atoms with Gasteiger partial charge in [-0.25, -0.2) is 0 Å². The summed E-state index contributed by atoms with van der Waals surface area (Å²) in [5.41, 5.74) is 0.378. The highest BCUT2D eigenvalue weighted by Gasteiger charge is 2.46. The Balaban J connectivity index is 1.90. The van der Waals surface area contributed by atoms with E-state index in [-0.39, 0.29) is 22.9 Å². The number of phenols is 1. The minimum absolute atomic E-state index is 0.0779. The van der Waals surface area contributed by atoms with E-state index >= 15 is 0 Å². The summed E-state index contributed by atoms with van der Waals surface area (Å²) >= 11 is 1.21. The average Bonchev–Trinajstić information content (AvgIpc) is 3.43. The molecule has 0 spiro atoms. The Labute approximate surface area is 169 Å². The zero-order valence-electron chi connectivity index (χ0n) is 15.4. The number of ether oxygens (including phenoxy) is 1. The van der Waals surface area contributed by atoms with Crippen LogP contribution >= 0.6 is 11.3 Å². The Morgan fingerprint density at radius 2 is 2.07 bits per heavy atom. The van der Waals surface area contributed by atoms with Crippen LogP contribution in [-0.2, 0) is 4.79 Å². The van der Waals surface area contributed by atoms with E-state index < -0.39 is 23.5 Å². The Kier molecular flexibility index (Phi) is 4.59. The van der Waals surface area contributed by atoms with E-state index in [0.29, 0.717) is 16.2 Å². The SMILES string of the molecule is COc1cc([C@H]2C(C(=O)c3cccs3)=C(O)C(=O)N2c2cc(C)on2)ccc1O. The molecule has 0 bridgehead atoms. The number of carbonyl (C=O) groups excluding carboxylic acids is 2. The van der Waals surface area contributed by atoms with Gasteiger partial charge in [0.05, 0.1) is 23.6 Å². The van der Waals surface area contributed by atoms with E-state index in [9.17, 15) is 19.8 Å². The van der Waals surface area contributed by atoms with Crippen molar-refractivity contribution in [3.63, 3.8) is 0 Å². The molecule has 0 saturated carbocycles. The summed E-state index contributed by atoms with van der Waals surface area (Å²) in [4.78, 5) is 27.6. The number of phenolic OH excluding ortho intramolecular Hbond substituents is 1. The zero-order valence-corrected chi connectivity index (χ0v) is 16.3. The van der Waals surface area contributed by atoms with Gasteiger partial charge in [0.25, 0.3) is 5.91 Å². The lowest BCUT2D eigenvalue weighted by Gasteiger charge is -2.24. The number of anilines is 1. The minimum atomic E-state index is -0.976. The summed E-state index contributed by atoms with van der Waals surface area (Å²) in [6, 6.07) is 8.35. The molecule has 29 heavy (non-hydrogen) atoms. The zero-order chi connectivity index (χ0) is 20.7. The molecule has 0 aliphatic carbocycles. The maximum atomic E-state index is 13.1. The monoisotopic (exact) mass is 412 g/mol. The molecule has 1 aliphatic rings. The smallest absolute Gasteiger partial charge is 0.295 e. The number of carbonyl (C=O) groups is 2. The molecule has 0 fully saturated rings. The fourth-order valence-corrected chi connectivity index (χ4v) is 3.94. The van der Waals surface area contributed by atoms with Crippen molar-refractivity contribution in [3.8, 4) is 11.5 Å². The topological polar surface area (TPSA) is 113 Å². The first-order valence-corrected chi connectivity index (χ1v) is 9.45. The van der Waals surface area contributed by atoms with Gasteiger partial charge in [-0.05, 0) is 36.1 Å². The lowest BCUT2D eigenvalue weighted by Crippen LogP contribution is -2.31. The third kappa shape index (κ3) is 3.05. The van der Waals surface area contributed by atoms with E-state index in [1.54, 1.807) is 30.5 Å². The summed E-state index contributed by atoms with van der Waals surface area (Å²) in [6.45, 7) is 1.67. The van der Waals surface area contributed by atoms with Crippen LogP contribution in [0.5, 0.6) is 11.5 Å². The molecular formula is C20H16N2O6S. The summed E-state index contributed by atoms with van der Waals surface area (Å²) in [7, 11) is 1.39. The Bertz CT molecular complexity index is 1130. The van der Waals surface area contributed by atoms with Crippen molar-refractivity contribution in [1.29, 1.82) is 0 Å². The Hall–Kier alpha value is -3.59. The third-order valence-corrected chi connectivity index (χ3v) is 5.45. The van der Waals surface area contributed by atoms with Crippen LogP contribution in [0, 0.1) is 6.92 Å². The van der Waals surface area contributed by atoms with E-state index in [1.807, 2.05) is 0 Å². The first kappa shape index (κ1) is 18.8. The van der Waals surface area contributed by atoms with Crippen LogP contribution in [0.2, 0.25) is 0 Å².